The molecular weight excluding hydrogens is 224 g/mol. The van der Waals surface area contributed by atoms with Gasteiger partial charge in [0.1, 0.15) is 11.6 Å². The number of nitrogens with one attached hydrogen (secondary N) is 1. The highest BCUT2D eigenvalue weighted by Gasteiger charge is 2.09. The summed E-state index contributed by atoms with van der Waals surface area (Å²) in [4.78, 5) is 18.1. The summed E-state index contributed by atoms with van der Waals surface area (Å²) in [5, 5.41) is 11.0. The van der Waals surface area contributed by atoms with Crippen molar-refractivity contribution in [2.24, 2.45) is 0 Å². The van der Waals surface area contributed by atoms with Crippen LogP contribution in [-0.4, -0.2) is 9.97 Å². The van der Waals surface area contributed by atoms with Crippen LogP contribution >= 0.6 is 11.3 Å². The Morgan fingerprint density at radius 3 is 2.94 bits per heavy atom. The molecule has 3 N–H and O–H groups in total. The number of pyridine rings is 1. The number of anilines is 1. The summed E-state index contributed by atoms with van der Waals surface area (Å²) in [5.41, 5.74) is 7.31. The van der Waals surface area contributed by atoms with E-state index in [-0.39, 0.29) is 11.1 Å². The van der Waals surface area contributed by atoms with Crippen LogP contribution in [-0.2, 0) is 0 Å². The van der Waals surface area contributed by atoms with Gasteiger partial charge in [-0.05, 0) is 13.0 Å². The molecule has 0 radical (unpaired) electrons. The number of hydrogen-bond donors (Lipinski definition) is 2. The lowest BCUT2D eigenvalue weighted by Gasteiger charge is -2.02. The second-order valence-electron chi connectivity index (χ2n) is 3.23. The number of nitrogens with zero attached hydrogens (tertiary/aromatic N) is 2. The van der Waals surface area contributed by atoms with Crippen LogP contribution in [0.5, 0.6) is 0 Å². The fourth-order valence-electron chi connectivity index (χ4n) is 1.38. The molecule has 5 nitrogen and oxygen atoms in total. The van der Waals surface area contributed by atoms with Crippen molar-refractivity contribution < 1.29 is 0 Å². The first kappa shape index (κ1) is 10.4. The van der Waals surface area contributed by atoms with Gasteiger partial charge in [-0.25, -0.2) is 4.98 Å². The maximum absolute atomic E-state index is 11.3. The third-order valence-electron chi connectivity index (χ3n) is 2.16. The summed E-state index contributed by atoms with van der Waals surface area (Å²) < 4.78 is 0. The zero-order valence-corrected chi connectivity index (χ0v) is 9.26. The number of aromatic amines is 1. The number of aromatic nitrogens is 2. The average molecular weight is 232 g/mol. The number of hydrogen-bond acceptors (Lipinski definition) is 5. The molecule has 0 spiro atoms. The SMILES string of the molecule is Cc1[nH]c(=O)c(C#N)cc1-c1csc(N)n1. The first-order valence-electron chi connectivity index (χ1n) is 4.47. The number of nitrogen functional groups attached to an aromatic ring is 1. The van der Waals surface area contributed by atoms with Gasteiger partial charge in [-0.2, -0.15) is 5.26 Å². The van der Waals surface area contributed by atoms with Gasteiger partial charge in [-0.1, -0.05) is 0 Å². The summed E-state index contributed by atoms with van der Waals surface area (Å²) in [7, 11) is 0. The molecule has 0 saturated carbocycles. The van der Waals surface area contributed by atoms with Crippen LogP contribution in [0.15, 0.2) is 16.2 Å². The van der Waals surface area contributed by atoms with Crippen LogP contribution in [0, 0.1) is 18.3 Å². The molecule has 2 aromatic heterocycles. The van der Waals surface area contributed by atoms with Crippen LogP contribution < -0.4 is 11.3 Å². The van der Waals surface area contributed by atoms with E-state index in [0.29, 0.717) is 16.5 Å². The smallest absolute Gasteiger partial charge is 0.266 e. The average Bonchev–Trinajstić information content (AvgIpc) is 2.65. The fourth-order valence-corrected chi connectivity index (χ4v) is 1.95. The molecule has 2 rings (SSSR count). The first-order chi connectivity index (χ1) is 7.61. The molecular formula is C10H8N4OS. The van der Waals surface area contributed by atoms with E-state index in [4.69, 9.17) is 11.0 Å². The van der Waals surface area contributed by atoms with Crippen molar-refractivity contribution in [2.45, 2.75) is 6.92 Å². The van der Waals surface area contributed by atoms with Crippen LogP contribution in [0.1, 0.15) is 11.3 Å². The lowest BCUT2D eigenvalue weighted by molar-refractivity contribution is 1.13. The number of nitriles is 1. The van der Waals surface area contributed by atoms with E-state index in [2.05, 4.69) is 9.97 Å². The van der Waals surface area contributed by atoms with Gasteiger partial charge in [0.2, 0.25) is 0 Å². The molecule has 0 aromatic carbocycles. The Morgan fingerprint density at radius 2 is 2.38 bits per heavy atom. The zero-order valence-electron chi connectivity index (χ0n) is 8.44. The molecule has 0 aliphatic carbocycles. The van der Waals surface area contributed by atoms with E-state index in [1.807, 2.05) is 6.07 Å². The van der Waals surface area contributed by atoms with E-state index in [9.17, 15) is 4.79 Å². The van der Waals surface area contributed by atoms with Crippen LogP contribution in [0.3, 0.4) is 0 Å². The van der Waals surface area contributed by atoms with Crippen molar-refractivity contribution in [1.29, 1.82) is 5.26 Å². The largest absolute Gasteiger partial charge is 0.375 e. The highest BCUT2D eigenvalue weighted by atomic mass is 32.1. The molecule has 6 heteroatoms. The fraction of sp³-hybridized carbons (Fsp3) is 0.100. The van der Waals surface area contributed by atoms with Gasteiger partial charge in [0.05, 0.1) is 5.69 Å². The number of aryl methyl sites for hydroxylation is 1. The summed E-state index contributed by atoms with van der Waals surface area (Å²) in [6, 6.07) is 3.37. The summed E-state index contributed by atoms with van der Waals surface area (Å²) in [6.45, 7) is 1.76. The van der Waals surface area contributed by atoms with Crippen molar-refractivity contribution in [2.75, 3.05) is 5.73 Å². The van der Waals surface area contributed by atoms with E-state index in [1.165, 1.54) is 17.4 Å². The molecule has 2 aromatic rings. The third kappa shape index (κ3) is 1.68. The van der Waals surface area contributed by atoms with Crippen LogP contribution in [0.25, 0.3) is 11.3 Å². The standard InChI is InChI=1S/C10H8N4OS/c1-5-7(8-4-16-10(12)14-8)2-6(3-11)9(15)13-5/h2,4H,1H3,(H2,12,14)(H,13,15). The van der Waals surface area contributed by atoms with Gasteiger partial charge in [0, 0.05) is 16.6 Å². The number of nitrogens with two attached hydrogens (primary N) is 1. The molecule has 0 saturated heterocycles. The van der Waals surface area contributed by atoms with Crippen molar-refractivity contribution >= 4 is 16.5 Å². The van der Waals surface area contributed by atoms with Gasteiger partial charge in [-0.3, -0.25) is 4.79 Å². The molecule has 0 atom stereocenters. The summed E-state index contributed by atoms with van der Waals surface area (Å²) in [5.74, 6) is 0. The number of rotatable bonds is 1. The first-order valence-corrected chi connectivity index (χ1v) is 5.35. The molecule has 0 bridgehead atoms. The minimum absolute atomic E-state index is 0.0761. The molecule has 80 valence electrons. The van der Waals surface area contributed by atoms with Crippen molar-refractivity contribution in [3.8, 4) is 17.3 Å². The van der Waals surface area contributed by atoms with Crippen LogP contribution in [0.4, 0.5) is 5.13 Å². The van der Waals surface area contributed by atoms with Gasteiger partial charge in [0.15, 0.2) is 5.13 Å². The molecule has 0 unspecified atom stereocenters. The Kier molecular flexibility index (Phi) is 2.46. The topological polar surface area (TPSA) is 95.6 Å². The van der Waals surface area contributed by atoms with Crippen molar-refractivity contribution in [1.82, 2.24) is 9.97 Å². The Bertz CT molecular complexity index is 635. The number of thiazole rings is 1. The second-order valence-corrected chi connectivity index (χ2v) is 4.12. The molecule has 0 aliphatic heterocycles. The zero-order chi connectivity index (χ0) is 11.7. The van der Waals surface area contributed by atoms with Gasteiger partial charge < -0.3 is 10.7 Å². The van der Waals surface area contributed by atoms with E-state index in [1.54, 1.807) is 12.3 Å². The summed E-state index contributed by atoms with van der Waals surface area (Å²) >= 11 is 1.32. The van der Waals surface area contributed by atoms with Crippen LogP contribution in [0.2, 0.25) is 0 Å². The number of H-pyrrole nitrogens is 1. The lowest BCUT2D eigenvalue weighted by Crippen LogP contribution is -2.12. The van der Waals surface area contributed by atoms with E-state index < -0.39 is 0 Å². The molecule has 2 heterocycles. The Morgan fingerprint density at radius 1 is 1.62 bits per heavy atom. The quantitative estimate of drug-likeness (QED) is 0.773. The maximum Gasteiger partial charge on any atom is 0.266 e. The maximum atomic E-state index is 11.3. The Labute approximate surface area is 95.2 Å². The van der Waals surface area contributed by atoms with Crippen molar-refractivity contribution in [3.05, 3.63) is 33.1 Å². The lowest BCUT2D eigenvalue weighted by atomic mass is 10.1. The van der Waals surface area contributed by atoms with E-state index >= 15 is 0 Å². The van der Waals surface area contributed by atoms with Crippen molar-refractivity contribution in [3.63, 3.8) is 0 Å². The minimum Gasteiger partial charge on any atom is -0.375 e. The highest BCUT2D eigenvalue weighted by Crippen LogP contribution is 2.24. The van der Waals surface area contributed by atoms with Gasteiger partial charge in [-0.15, -0.1) is 11.3 Å². The van der Waals surface area contributed by atoms with Gasteiger partial charge in [0.25, 0.3) is 5.56 Å². The predicted molar refractivity (Wildman–Crippen MR) is 62.0 cm³/mol. The highest BCUT2D eigenvalue weighted by molar-refractivity contribution is 7.13. The summed E-state index contributed by atoms with van der Waals surface area (Å²) in [6.07, 6.45) is 0. The Hall–Kier alpha value is -2.13. The van der Waals surface area contributed by atoms with E-state index in [0.717, 1.165) is 5.56 Å². The molecule has 0 aliphatic rings. The van der Waals surface area contributed by atoms with Gasteiger partial charge >= 0.3 is 0 Å². The second kappa shape index (κ2) is 3.79. The Balaban J connectivity index is 2.67. The molecule has 16 heavy (non-hydrogen) atoms. The molecule has 0 fully saturated rings. The minimum atomic E-state index is -0.382. The third-order valence-corrected chi connectivity index (χ3v) is 2.83. The monoisotopic (exact) mass is 232 g/mol. The molecule has 0 amide bonds. The normalized spacial score (nSPS) is 10.0. The predicted octanol–water partition coefficient (Wildman–Crippen LogP) is 1.26.